The van der Waals surface area contributed by atoms with Crippen LogP contribution in [0.25, 0.3) is 0 Å². The first kappa shape index (κ1) is 39.7. The molecule has 0 saturated carbocycles. The average Bonchev–Trinajstić information content (AvgIpc) is 3.03. The molecular weight excluding hydrogens is 642 g/mol. The second kappa shape index (κ2) is 19.4. The first-order chi connectivity index (χ1) is 22.6. The van der Waals surface area contributed by atoms with Crippen molar-refractivity contribution in [1.29, 1.82) is 0 Å². The monoisotopic (exact) mass is 687 g/mol. The van der Waals surface area contributed by atoms with Crippen LogP contribution in [0.4, 0.5) is 5.69 Å². The highest BCUT2D eigenvalue weighted by Crippen LogP contribution is 2.20. The third kappa shape index (κ3) is 13.3. The Morgan fingerprint density at radius 3 is 2.06 bits per heavy atom. The maximum absolute atomic E-state index is 13.7. The van der Waals surface area contributed by atoms with E-state index in [1.807, 2.05) is 44.2 Å². The smallest absolute Gasteiger partial charge is 0.335 e. The molecule has 2 rings (SSSR count). The molecule has 15 heteroatoms. The minimum atomic E-state index is -1.77. The molecule has 0 aliphatic heterocycles. The second-order valence-electron chi connectivity index (χ2n) is 12.0. The zero-order valence-corrected chi connectivity index (χ0v) is 28.2. The van der Waals surface area contributed by atoms with Gasteiger partial charge in [0.05, 0.1) is 17.6 Å². The van der Waals surface area contributed by atoms with E-state index in [1.54, 1.807) is 13.8 Å². The lowest BCUT2D eigenvalue weighted by atomic mass is 9.99. The van der Waals surface area contributed by atoms with E-state index in [9.17, 15) is 39.0 Å². The molecule has 5 atom stereocenters. The van der Waals surface area contributed by atoms with Crippen molar-refractivity contribution in [3.05, 3.63) is 60.2 Å². The van der Waals surface area contributed by atoms with Crippen LogP contribution in [0, 0.1) is 11.8 Å². The predicted molar refractivity (Wildman–Crippen MR) is 180 cm³/mol. The number of carbonyl (C=O) groups excluding carboxylic acids is 4. The number of aliphatic hydroxyl groups excluding tert-OH is 1. The Kier molecular flexibility index (Phi) is 16.0. The number of thioether (sulfide) groups is 1. The topological polar surface area (TPSA) is 237 Å². The number of anilines is 1. The highest BCUT2D eigenvalue weighted by molar-refractivity contribution is 7.99. The Hall–Kier alpha value is -4.47. The van der Waals surface area contributed by atoms with E-state index in [0.717, 1.165) is 4.90 Å². The van der Waals surface area contributed by atoms with Crippen LogP contribution in [0.3, 0.4) is 0 Å². The molecule has 0 spiro atoms. The van der Waals surface area contributed by atoms with Gasteiger partial charge in [-0.3, -0.25) is 24.0 Å². The lowest BCUT2D eigenvalue weighted by Crippen LogP contribution is -2.59. The number of hydrogen-bond donors (Lipinski definition) is 8. The number of aromatic carboxylic acids is 1. The number of carbonyl (C=O) groups is 6. The van der Waals surface area contributed by atoms with E-state index in [1.165, 1.54) is 36.0 Å². The van der Waals surface area contributed by atoms with Gasteiger partial charge < -0.3 is 42.3 Å². The zero-order chi connectivity index (χ0) is 36.0. The van der Waals surface area contributed by atoms with Gasteiger partial charge in [0.15, 0.2) is 6.10 Å². The van der Waals surface area contributed by atoms with Crippen molar-refractivity contribution in [3.63, 3.8) is 0 Å². The van der Waals surface area contributed by atoms with E-state index in [0.29, 0.717) is 0 Å². The van der Waals surface area contributed by atoms with Gasteiger partial charge in [0.25, 0.3) is 5.91 Å². The van der Waals surface area contributed by atoms with Crippen molar-refractivity contribution in [3.8, 4) is 0 Å². The quantitative estimate of drug-likeness (QED) is 0.0992. The summed E-state index contributed by atoms with van der Waals surface area (Å²) in [6.07, 6.45) is -2.05. The van der Waals surface area contributed by atoms with Crippen LogP contribution in [0.1, 0.15) is 57.3 Å². The lowest BCUT2D eigenvalue weighted by molar-refractivity contribution is -0.137. The molecule has 14 nitrogen and oxygen atoms in total. The first-order valence-electron chi connectivity index (χ1n) is 15.5. The summed E-state index contributed by atoms with van der Waals surface area (Å²) in [5.41, 5.74) is 5.88. The van der Waals surface area contributed by atoms with Gasteiger partial charge in [-0.25, -0.2) is 4.79 Å². The van der Waals surface area contributed by atoms with Crippen LogP contribution in [0.5, 0.6) is 0 Å². The molecule has 0 saturated heterocycles. The Morgan fingerprint density at radius 1 is 0.812 bits per heavy atom. The summed E-state index contributed by atoms with van der Waals surface area (Å²) in [7, 11) is 0. The third-order valence-corrected chi connectivity index (χ3v) is 8.25. The predicted octanol–water partition coefficient (Wildman–Crippen LogP) is 1.83. The largest absolute Gasteiger partial charge is 0.481 e. The standard InChI is InChI=1S/C33H45N5O9S/c1-18(2)15-24(36-31(44)27(19(3)4)38-29(42)23(34)13-14-26(39)40)30(43)37-25(17-48-22-11-6-5-7-12-22)28(41)32(45)35-21-10-8-9-20(16-21)33(46)47/h5-12,16,18-19,23-25,27-28,41H,13-15,17,34H2,1-4H3,(H,35,45)(H,36,44)(H,37,43)(H,38,42)(H,39,40)(H,46,47)/t23-,24-,25+,27-,28+/m0/s1. The van der Waals surface area contributed by atoms with E-state index < -0.39 is 71.8 Å². The summed E-state index contributed by atoms with van der Waals surface area (Å²) < 4.78 is 0. The van der Waals surface area contributed by atoms with Crippen molar-refractivity contribution in [2.24, 2.45) is 17.6 Å². The summed E-state index contributed by atoms with van der Waals surface area (Å²) in [5.74, 6) is -5.71. The number of benzene rings is 2. The fourth-order valence-corrected chi connectivity index (χ4v) is 5.48. The molecule has 4 amide bonds. The highest BCUT2D eigenvalue weighted by atomic mass is 32.2. The maximum atomic E-state index is 13.7. The van der Waals surface area contributed by atoms with Crippen LogP contribution in [-0.2, 0) is 24.0 Å². The Balaban J connectivity index is 2.26. The molecule has 48 heavy (non-hydrogen) atoms. The molecule has 0 aliphatic carbocycles. The number of rotatable bonds is 19. The highest BCUT2D eigenvalue weighted by Gasteiger charge is 2.34. The summed E-state index contributed by atoms with van der Waals surface area (Å²) in [5, 5.41) is 39.7. The molecule has 0 aromatic heterocycles. The number of carboxylic acids is 2. The molecule has 0 aliphatic rings. The van der Waals surface area contributed by atoms with Gasteiger partial charge in [0.2, 0.25) is 17.7 Å². The number of carboxylic acid groups (broad SMARTS) is 2. The van der Waals surface area contributed by atoms with Crippen molar-refractivity contribution in [2.75, 3.05) is 11.1 Å². The van der Waals surface area contributed by atoms with Gasteiger partial charge in [-0.1, -0.05) is 52.0 Å². The normalized spacial score (nSPS) is 14.2. The van der Waals surface area contributed by atoms with Crippen LogP contribution in [0.15, 0.2) is 59.5 Å². The Bertz CT molecular complexity index is 1420. The number of aliphatic hydroxyl groups is 1. The van der Waals surface area contributed by atoms with Gasteiger partial charge in [0.1, 0.15) is 12.1 Å². The van der Waals surface area contributed by atoms with Crippen LogP contribution in [0.2, 0.25) is 0 Å². The Labute approximate surface area is 283 Å². The molecule has 0 radical (unpaired) electrons. The molecule has 0 bridgehead atoms. The van der Waals surface area contributed by atoms with Crippen LogP contribution < -0.4 is 27.0 Å². The molecule has 0 heterocycles. The van der Waals surface area contributed by atoms with Gasteiger partial charge in [-0.2, -0.15) is 0 Å². The molecule has 262 valence electrons. The van der Waals surface area contributed by atoms with Crippen LogP contribution >= 0.6 is 11.8 Å². The molecule has 0 fully saturated rings. The summed E-state index contributed by atoms with van der Waals surface area (Å²) in [4.78, 5) is 76.0. The van der Waals surface area contributed by atoms with Crippen LogP contribution in [-0.4, -0.2) is 86.9 Å². The number of nitrogens with two attached hydrogens (primary N) is 1. The summed E-state index contributed by atoms with van der Waals surface area (Å²) >= 11 is 1.28. The van der Waals surface area contributed by atoms with E-state index in [-0.39, 0.29) is 42.2 Å². The minimum absolute atomic E-state index is 0.0563. The van der Waals surface area contributed by atoms with Crippen molar-refractivity contribution >= 4 is 53.0 Å². The van der Waals surface area contributed by atoms with E-state index in [4.69, 9.17) is 10.8 Å². The fraction of sp³-hybridized carbons (Fsp3) is 0.455. The van der Waals surface area contributed by atoms with Gasteiger partial charge in [0, 0.05) is 22.8 Å². The summed E-state index contributed by atoms with van der Waals surface area (Å²) in [6.45, 7) is 7.04. The molecule has 2 aromatic rings. The molecular formula is C33H45N5O9S. The average molecular weight is 688 g/mol. The maximum Gasteiger partial charge on any atom is 0.335 e. The number of aliphatic carboxylic acids is 1. The minimum Gasteiger partial charge on any atom is -0.481 e. The molecule has 2 aromatic carbocycles. The lowest BCUT2D eigenvalue weighted by Gasteiger charge is -2.29. The summed E-state index contributed by atoms with van der Waals surface area (Å²) in [6, 6.07) is 10.0. The third-order valence-electron chi connectivity index (χ3n) is 7.12. The van der Waals surface area contributed by atoms with Gasteiger partial charge in [-0.05, 0) is 55.0 Å². The van der Waals surface area contributed by atoms with E-state index >= 15 is 0 Å². The second-order valence-corrected chi connectivity index (χ2v) is 13.1. The van der Waals surface area contributed by atoms with E-state index in [2.05, 4.69) is 21.3 Å². The number of nitrogens with one attached hydrogen (secondary N) is 4. The van der Waals surface area contributed by atoms with Gasteiger partial charge in [-0.15, -0.1) is 11.8 Å². The van der Waals surface area contributed by atoms with Gasteiger partial charge >= 0.3 is 11.9 Å². The van der Waals surface area contributed by atoms with Crippen molar-refractivity contribution < 1.29 is 44.1 Å². The SMILES string of the molecule is CC(C)C[C@H](NC(=O)[C@@H](NC(=O)[C@@H](N)CCC(=O)O)C(C)C)C(=O)N[C@H](CSc1ccccc1)[C@@H](O)C(=O)Nc1cccc(C(=O)O)c1. The molecule has 0 unspecified atom stereocenters. The Morgan fingerprint density at radius 2 is 1.48 bits per heavy atom. The molecule has 9 N–H and O–H groups in total. The number of hydrogen-bond acceptors (Lipinski definition) is 9. The zero-order valence-electron chi connectivity index (χ0n) is 27.3. The first-order valence-corrected chi connectivity index (χ1v) is 16.5. The number of amides is 4. The fourth-order valence-electron chi connectivity index (χ4n) is 4.50. The van der Waals surface area contributed by atoms with Crippen molar-refractivity contribution in [2.45, 2.75) is 82.1 Å². The van der Waals surface area contributed by atoms with Crippen molar-refractivity contribution in [1.82, 2.24) is 16.0 Å².